The van der Waals surface area contributed by atoms with Crippen molar-refractivity contribution in [1.29, 1.82) is 0 Å². The molecular formula is C18H19NO4S. The molecule has 2 rings (SSSR count). The van der Waals surface area contributed by atoms with Gasteiger partial charge >= 0.3 is 5.97 Å². The Morgan fingerprint density at radius 3 is 2.58 bits per heavy atom. The van der Waals surface area contributed by atoms with Crippen molar-refractivity contribution in [3.05, 3.63) is 54.1 Å². The predicted octanol–water partition coefficient (Wildman–Crippen LogP) is 3.60. The van der Waals surface area contributed by atoms with E-state index in [1.807, 2.05) is 18.4 Å². The van der Waals surface area contributed by atoms with E-state index in [1.54, 1.807) is 43.5 Å². The van der Waals surface area contributed by atoms with Gasteiger partial charge in [0.2, 0.25) is 0 Å². The zero-order valence-corrected chi connectivity index (χ0v) is 14.6. The van der Waals surface area contributed by atoms with E-state index in [4.69, 9.17) is 9.47 Å². The number of ether oxygens (including phenoxy) is 2. The lowest BCUT2D eigenvalue weighted by molar-refractivity contribution is -0.123. The molecule has 126 valence electrons. The molecule has 24 heavy (non-hydrogen) atoms. The van der Waals surface area contributed by atoms with E-state index >= 15 is 0 Å². The molecule has 0 saturated carbocycles. The molecule has 1 N–H and O–H groups in total. The standard InChI is InChI=1S/C18H19NO4S/c1-12(17(20)19-13-7-6-8-14(11-13)22-2)23-18(21)15-9-4-5-10-16(15)24-3/h4-12H,1-3H3,(H,19,20)/t12-/m1/s1. The van der Waals surface area contributed by atoms with Crippen LogP contribution in [0.2, 0.25) is 0 Å². The Morgan fingerprint density at radius 2 is 1.88 bits per heavy atom. The molecule has 2 aromatic rings. The third kappa shape index (κ3) is 4.52. The van der Waals surface area contributed by atoms with Crippen LogP contribution in [-0.2, 0) is 9.53 Å². The van der Waals surface area contributed by atoms with Crippen molar-refractivity contribution in [3.8, 4) is 5.75 Å². The van der Waals surface area contributed by atoms with Gasteiger partial charge in [-0.25, -0.2) is 4.79 Å². The van der Waals surface area contributed by atoms with Crippen molar-refractivity contribution in [2.24, 2.45) is 0 Å². The van der Waals surface area contributed by atoms with E-state index in [-0.39, 0.29) is 0 Å². The number of nitrogens with one attached hydrogen (secondary N) is 1. The second kappa shape index (κ2) is 8.40. The molecule has 6 heteroatoms. The normalized spacial score (nSPS) is 11.5. The molecule has 1 amide bonds. The second-order valence-electron chi connectivity index (χ2n) is 4.97. The number of carbonyl (C=O) groups excluding carboxylic acids is 2. The third-order valence-corrected chi connectivity index (χ3v) is 4.11. The number of carbonyl (C=O) groups is 2. The van der Waals surface area contributed by atoms with Crippen molar-refractivity contribution in [1.82, 2.24) is 0 Å². The zero-order chi connectivity index (χ0) is 17.5. The summed E-state index contributed by atoms with van der Waals surface area (Å²) in [6, 6.07) is 14.1. The average molecular weight is 345 g/mol. The number of amides is 1. The molecule has 0 aliphatic rings. The molecular weight excluding hydrogens is 326 g/mol. The lowest BCUT2D eigenvalue weighted by atomic mass is 10.2. The summed E-state index contributed by atoms with van der Waals surface area (Å²) in [5.74, 6) is -0.294. The highest BCUT2D eigenvalue weighted by atomic mass is 32.2. The molecule has 2 aromatic carbocycles. The molecule has 0 radical (unpaired) electrons. The van der Waals surface area contributed by atoms with Crippen molar-refractivity contribution in [2.45, 2.75) is 17.9 Å². The molecule has 0 spiro atoms. The molecule has 0 aliphatic heterocycles. The number of anilines is 1. The first-order valence-electron chi connectivity index (χ1n) is 7.34. The van der Waals surface area contributed by atoms with Gasteiger partial charge in [0.25, 0.3) is 5.91 Å². The van der Waals surface area contributed by atoms with Gasteiger partial charge in [-0.1, -0.05) is 18.2 Å². The number of hydrogen-bond donors (Lipinski definition) is 1. The summed E-state index contributed by atoms with van der Waals surface area (Å²) in [5.41, 5.74) is 1.03. The topological polar surface area (TPSA) is 64.6 Å². The molecule has 0 saturated heterocycles. The highest BCUT2D eigenvalue weighted by molar-refractivity contribution is 7.98. The summed E-state index contributed by atoms with van der Waals surface area (Å²) in [5, 5.41) is 2.70. The Balaban J connectivity index is 2.01. The van der Waals surface area contributed by atoms with Crippen LogP contribution in [0.25, 0.3) is 0 Å². The maximum absolute atomic E-state index is 12.3. The molecule has 0 fully saturated rings. The number of esters is 1. The number of rotatable bonds is 6. The summed E-state index contributed by atoms with van der Waals surface area (Å²) < 4.78 is 10.4. The molecule has 0 aliphatic carbocycles. The second-order valence-corrected chi connectivity index (χ2v) is 5.82. The van der Waals surface area contributed by atoms with E-state index in [1.165, 1.54) is 18.7 Å². The Labute approximate surface area is 145 Å². The Hall–Kier alpha value is -2.47. The fourth-order valence-electron chi connectivity index (χ4n) is 2.04. The smallest absolute Gasteiger partial charge is 0.340 e. The van der Waals surface area contributed by atoms with Crippen LogP contribution >= 0.6 is 11.8 Å². The predicted molar refractivity (Wildman–Crippen MR) is 94.7 cm³/mol. The highest BCUT2D eigenvalue weighted by Gasteiger charge is 2.20. The lowest BCUT2D eigenvalue weighted by Crippen LogP contribution is -2.30. The van der Waals surface area contributed by atoms with Crippen molar-refractivity contribution >= 4 is 29.3 Å². The maximum Gasteiger partial charge on any atom is 0.340 e. The third-order valence-electron chi connectivity index (χ3n) is 3.32. The summed E-state index contributed by atoms with van der Waals surface area (Å²) in [6.45, 7) is 1.54. The fraction of sp³-hybridized carbons (Fsp3) is 0.222. The lowest BCUT2D eigenvalue weighted by Gasteiger charge is -2.15. The van der Waals surface area contributed by atoms with Gasteiger partial charge < -0.3 is 14.8 Å². The number of hydrogen-bond acceptors (Lipinski definition) is 5. The first kappa shape index (κ1) is 17.9. The average Bonchev–Trinajstić information content (AvgIpc) is 2.61. The van der Waals surface area contributed by atoms with Crippen LogP contribution in [0, 0.1) is 0 Å². The van der Waals surface area contributed by atoms with Gasteiger partial charge in [0.05, 0.1) is 12.7 Å². The van der Waals surface area contributed by atoms with Crippen LogP contribution < -0.4 is 10.1 Å². The molecule has 0 heterocycles. The molecule has 5 nitrogen and oxygen atoms in total. The molecule has 1 atom stereocenters. The summed E-state index contributed by atoms with van der Waals surface area (Å²) in [4.78, 5) is 25.3. The number of benzene rings is 2. The zero-order valence-electron chi connectivity index (χ0n) is 13.7. The maximum atomic E-state index is 12.3. The first-order chi connectivity index (χ1) is 11.5. The van der Waals surface area contributed by atoms with Crippen LogP contribution in [0.1, 0.15) is 17.3 Å². The van der Waals surface area contributed by atoms with Crippen molar-refractivity contribution in [3.63, 3.8) is 0 Å². The number of methoxy groups -OCH3 is 1. The van der Waals surface area contributed by atoms with E-state index in [0.29, 0.717) is 17.0 Å². The first-order valence-corrected chi connectivity index (χ1v) is 8.56. The van der Waals surface area contributed by atoms with E-state index in [0.717, 1.165) is 4.90 Å². The highest BCUT2D eigenvalue weighted by Crippen LogP contribution is 2.21. The minimum atomic E-state index is -0.918. The van der Waals surface area contributed by atoms with Crippen LogP contribution in [0.15, 0.2) is 53.4 Å². The van der Waals surface area contributed by atoms with Gasteiger partial charge in [-0.05, 0) is 37.4 Å². The van der Waals surface area contributed by atoms with E-state index in [9.17, 15) is 9.59 Å². The van der Waals surface area contributed by atoms with Gasteiger partial charge in [-0.15, -0.1) is 11.8 Å². The van der Waals surface area contributed by atoms with Crippen LogP contribution in [0.3, 0.4) is 0 Å². The minimum Gasteiger partial charge on any atom is -0.497 e. The minimum absolute atomic E-state index is 0.404. The van der Waals surface area contributed by atoms with Gasteiger partial charge in [0, 0.05) is 16.6 Å². The Morgan fingerprint density at radius 1 is 1.12 bits per heavy atom. The monoisotopic (exact) mass is 345 g/mol. The van der Waals surface area contributed by atoms with Crippen LogP contribution in [-0.4, -0.2) is 31.3 Å². The van der Waals surface area contributed by atoms with Gasteiger partial charge in [-0.2, -0.15) is 0 Å². The van der Waals surface area contributed by atoms with Crippen molar-refractivity contribution in [2.75, 3.05) is 18.7 Å². The van der Waals surface area contributed by atoms with Crippen molar-refractivity contribution < 1.29 is 19.1 Å². The van der Waals surface area contributed by atoms with Gasteiger partial charge in [0.1, 0.15) is 5.75 Å². The van der Waals surface area contributed by atoms with E-state index in [2.05, 4.69) is 5.32 Å². The molecule has 0 aromatic heterocycles. The summed E-state index contributed by atoms with van der Waals surface area (Å²) >= 11 is 1.45. The molecule has 0 unspecified atom stereocenters. The van der Waals surface area contributed by atoms with Gasteiger partial charge in [0.15, 0.2) is 6.10 Å². The fourth-order valence-corrected chi connectivity index (χ4v) is 2.62. The summed E-state index contributed by atoms with van der Waals surface area (Å²) in [6.07, 6.45) is 0.962. The van der Waals surface area contributed by atoms with Gasteiger partial charge in [-0.3, -0.25) is 4.79 Å². The largest absolute Gasteiger partial charge is 0.497 e. The quantitative estimate of drug-likeness (QED) is 0.640. The Kier molecular flexibility index (Phi) is 6.26. The Bertz CT molecular complexity index is 732. The van der Waals surface area contributed by atoms with Crippen LogP contribution in [0.5, 0.6) is 5.75 Å². The van der Waals surface area contributed by atoms with E-state index < -0.39 is 18.0 Å². The SMILES string of the molecule is COc1cccc(NC(=O)[C@@H](C)OC(=O)c2ccccc2SC)c1. The van der Waals surface area contributed by atoms with Crippen LogP contribution in [0.4, 0.5) is 5.69 Å². The molecule has 0 bridgehead atoms. The number of thioether (sulfide) groups is 1. The summed E-state index contributed by atoms with van der Waals surface area (Å²) in [7, 11) is 1.55.